The average molecular weight is 439 g/mol. The third-order valence-corrected chi connectivity index (χ3v) is 5.68. The summed E-state index contributed by atoms with van der Waals surface area (Å²) in [5.74, 6) is 0.463. The normalized spacial score (nSPS) is 13.8. The molecule has 2 heterocycles. The molecule has 1 amide bonds. The highest BCUT2D eigenvalue weighted by atomic mass is 35.5. The molecule has 6 nitrogen and oxygen atoms in total. The first-order chi connectivity index (χ1) is 15.2. The van der Waals surface area contributed by atoms with E-state index in [0.29, 0.717) is 10.8 Å². The molecular weight excluding hydrogens is 412 g/mol. The van der Waals surface area contributed by atoms with Crippen LogP contribution in [0.3, 0.4) is 0 Å². The second-order valence-electron chi connectivity index (χ2n) is 7.67. The standard InChI is InChI=1S/C24H27ClN4O2/c1-2-8-22-23(17-26-29(22)19-13-11-18(25)12-14-19)31-24(30)27-20-9-4-5-10-21(20)28-15-6-3-7-16-28/h4-5,9-14,17H,2-3,6-8,15-16H2,1H3,(H,27,30). The molecule has 0 unspecified atom stereocenters. The molecule has 3 aromatic rings. The van der Waals surface area contributed by atoms with E-state index in [2.05, 4.69) is 22.2 Å². The number of aromatic nitrogens is 2. The molecule has 162 valence electrons. The molecule has 0 bridgehead atoms. The summed E-state index contributed by atoms with van der Waals surface area (Å²) in [6.07, 6.45) is 6.30. The quantitative estimate of drug-likeness (QED) is 0.506. The van der Waals surface area contributed by atoms with Crippen LogP contribution in [-0.2, 0) is 6.42 Å². The topological polar surface area (TPSA) is 59.4 Å². The number of piperidine rings is 1. The van der Waals surface area contributed by atoms with Crippen molar-refractivity contribution in [1.82, 2.24) is 9.78 Å². The molecule has 1 aromatic heterocycles. The molecule has 4 rings (SSSR count). The lowest BCUT2D eigenvalue weighted by atomic mass is 10.1. The van der Waals surface area contributed by atoms with E-state index in [0.717, 1.165) is 48.7 Å². The van der Waals surface area contributed by atoms with Gasteiger partial charge in [-0.25, -0.2) is 9.48 Å². The Kier molecular flexibility index (Phi) is 6.77. The van der Waals surface area contributed by atoms with Gasteiger partial charge >= 0.3 is 6.09 Å². The Morgan fingerprint density at radius 3 is 2.58 bits per heavy atom. The zero-order valence-corrected chi connectivity index (χ0v) is 18.4. The number of hydrogen-bond acceptors (Lipinski definition) is 4. The number of para-hydroxylation sites is 2. The molecular formula is C24H27ClN4O2. The summed E-state index contributed by atoms with van der Waals surface area (Å²) in [5, 5.41) is 8.03. The third kappa shape index (κ3) is 5.02. The fraction of sp³-hybridized carbons (Fsp3) is 0.333. The van der Waals surface area contributed by atoms with Gasteiger partial charge in [-0.3, -0.25) is 5.32 Å². The Labute approximate surface area is 187 Å². The highest BCUT2D eigenvalue weighted by Gasteiger charge is 2.19. The fourth-order valence-corrected chi connectivity index (χ4v) is 4.07. The summed E-state index contributed by atoms with van der Waals surface area (Å²) in [6, 6.07) is 15.3. The van der Waals surface area contributed by atoms with Crippen molar-refractivity contribution < 1.29 is 9.53 Å². The maximum absolute atomic E-state index is 12.8. The van der Waals surface area contributed by atoms with Gasteiger partial charge in [-0.15, -0.1) is 0 Å². The maximum Gasteiger partial charge on any atom is 0.417 e. The van der Waals surface area contributed by atoms with Crippen molar-refractivity contribution >= 4 is 29.1 Å². The van der Waals surface area contributed by atoms with E-state index >= 15 is 0 Å². The molecule has 1 saturated heterocycles. The van der Waals surface area contributed by atoms with Gasteiger partial charge in [-0.05, 0) is 62.1 Å². The van der Waals surface area contributed by atoms with Crippen LogP contribution in [0.2, 0.25) is 5.02 Å². The van der Waals surface area contributed by atoms with Gasteiger partial charge in [0, 0.05) is 18.1 Å². The number of carbonyl (C=O) groups excluding carboxylic acids is 1. The minimum atomic E-state index is -0.516. The van der Waals surface area contributed by atoms with Gasteiger partial charge in [-0.2, -0.15) is 5.10 Å². The molecule has 7 heteroatoms. The second-order valence-corrected chi connectivity index (χ2v) is 8.11. The maximum atomic E-state index is 12.8. The Morgan fingerprint density at radius 2 is 1.84 bits per heavy atom. The van der Waals surface area contributed by atoms with Gasteiger partial charge in [0.1, 0.15) is 0 Å². The minimum absolute atomic E-state index is 0.463. The van der Waals surface area contributed by atoms with Crippen LogP contribution in [0.5, 0.6) is 5.75 Å². The highest BCUT2D eigenvalue weighted by Crippen LogP contribution is 2.29. The number of anilines is 2. The number of benzene rings is 2. The van der Waals surface area contributed by atoms with Gasteiger partial charge in [0.25, 0.3) is 0 Å². The Balaban J connectivity index is 1.52. The molecule has 1 aliphatic rings. The van der Waals surface area contributed by atoms with Gasteiger partial charge in [-0.1, -0.05) is 37.1 Å². The molecule has 1 N–H and O–H groups in total. The fourth-order valence-electron chi connectivity index (χ4n) is 3.94. The zero-order chi connectivity index (χ0) is 21.6. The van der Waals surface area contributed by atoms with E-state index in [1.165, 1.54) is 19.3 Å². The molecule has 0 spiro atoms. The molecule has 1 aliphatic heterocycles. The van der Waals surface area contributed by atoms with Crippen LogP contribution in [0.1, 0.15) is 38.3 Å². The van der Waals surface area contributed by atoms with E-state index in [4.69, 9.17) is 16.3 Å². The average Bonchev–Trinajstić information content (AvgIpc) is 3.17. The largest absolute Gasteiger partial charge is 0.417 e. The summed E-state index contributed by atoms with van der Waals surface area (Å²) in [6.45, 7) is 4.09. The van der Waals surface area contributed by atoms with E-state index in [1.807, 2.05) is 48.5 Å². The summed E-state index contributed by atoms with van der Waals surface area (Å²) >= 11 is 6.01. The molecule has 0 radical (unpaired) electrons. The van der Waals surface area contributed by atoms with Gasteiger partial charge < -0.3 is 9.64 Å². The molecule has 0 atom stereocenters. The minimum Gasteiger partial charge on any atom is -0.406 e. The third-order valence-electron chi connectivity index (χ3n) is 5.43. The van der Waals surface area contributed by atoms with Crippen LogP contribution in [0.4, 0.5) is 16.2 Å². The predicted octanol–water partition coefficient (Wildman–Crippen LogP) is 6.08. The lowest BCUT2D eigenvalue weighted by molar-refractivity contribution is 0.214. The number of halogens is 1. The molecule has 31 heavy (non-hydrogen) atoms. The van der Waals surface area contributed by atoms with Crippen LogP contribution in [-0.4, -0.2) is 29.0 Å². The van der Waals surface area contributed by atoms with E-state index in [9.17, 15) is 4.79 Å². The van der Waals surface area contributed by atoms with Crippen LogP contribution < -0.4 is 15.0 Å². The van der Waals surface area contributed by atoms with Crippen molar-refractivity contribution in [2.45, 2.75) is 39.0 Å². The molecule has 0 aliphatic carbocycles. The van der Waals surface area contributed by atoms with Crippen LogP contribution >= 0.6 is 11.6 Å². The smallest absolute Gasteiger partial charge is 0.406 e. The van der Waals surface area contributed by atoms with Crippen LogP contribution in [0, 0.1) is 0 Å². The summed E-state index contributed by atoms with van der Waals surface area (Å²) in [7, 11) is 0. The number of carbonyl (C=O) groups is 1. The number of rotatable bonds is 6. The van der Waals surface area contributed by atoms with Crippen molar-refractivity contribution in [3.63, 3.8) is 0 Å². The SMILES string of the molecule is CCCc1c(OC(=O)Nc2ccccc2N2CCCCC2)cnn1-c1ccc(Cl)cc1. The van der Waals surface area contributed by atoms with Gasteiger partial charge in [0.05, 0.1) is 29.0 Å². The Bertz CT molecular complexity index is 1030. The second kappa shape index (κ2) is 9.88. The van der Waals surface area contributed by atoms with Crippen molar-refractivity contribution in [2.75, 3.05) is 23.3 Å². The Morgan fingerprint density at radius 1 is 1.10 bits per heavy atom. The van der Waals surface area contributed by atoms with Gasteiger partial charge in [0.2, 0.25) is 0 Å². The van der Waals surface area contributed by atoms with Crippen LogP contribution in [0.15, 0.2) is 54.7 Å². The molecule has 2 aromatic carbocycles. The number of hydrogen-bond donors (Lipinski definition) is 1. The number of nitrogens with zero attached hydrogens (tertiary/aromatic N) is 3. The molecule has 1 fully saturated rings. The monoisotopic (exact) mass is 438 g/mol. The Hall–Kier alpha value is -2.99. The zero-order valence-electron chi connectivity index (χ0n) is 17.7. The summed E-state index contributed by atoms with van der Waals surface area (Å²) < 4.78 is 7.49. The molecule has 0 saturated carbocycles. The van der Waals surface area contributed by atoms with E-state index in [1.54, 1.807) is 10.9 Å². The van der Waals surface area contributed by atoms with Crippen molar-refractivity contribution in [2.24, 2.45) is 0 Å². The van der Waals surface area contributed by atoms with Gasteiger partial charge in [0.15, 0.2) is 5.75 Å². The van der Waals surface area contributed by atoms with Crippen molar-refractivity contribution in [3.8, 4) is 11.4 Å². The lowest BCUT2D eigenvalue weighted by Gasteiger charge is -2.30. The first kappa shape index (κ1) is 21.2. The van der Waals surface area contributed by atoms with Crippen molar-refractivity contribution in [1.29, 1.82) is 0 Å². The number of ether oxygens (including phenoxy) is 1. The lowest BCUT2D eigenvalue weighted by Crippen LogP contribution is -2.30. The number of nitrogens with one attached hydrogen (secondary N) is 1. The number of amides is 1. The van der Waals surface area contributed by atoms with Crippen molar-refractivity contribution in [3.05, 3.63) is 65.4 Å². The van der Waals surface area contributed by atoms with Crippen LogP contribution in [0.25, 0.3) is 5.69 Å². The highest BCUT2D eigenvalue weighted by molar-refractivity contribution is 6.30. The van der Waals surface area contributed by atoms with E-state index in [-0.39, 0.29) is 0 Å². The van der Waals surface area contributed by atoms with E-state index < -0.39 is 6.09 Å². The summed E-state index contributed by atoms with van der Waals surface area (Å²) in [5.41, 5.74) is 3.52. The predicted molar refractivity (Wildman–Crippen MR) is 125 cm³/mol. The first-order valence-electron chi connectivity index (χ1n) is 10.8. The summed E-state index contributed by atoms with van der Waals surface area (Å²) in [4.78, 5) is 15.1. The first-order valence-corrected chi connectivity index (χ1v) is 11.2.